The van der Waals surface area contributed by atoms with Gasteiger partial charge in [0.1, 0.15) is 16.3 Å². The van der Waals surface area contributed by atoms with E-state index >= 15 is 0 Å². The van der Waals surface area contributed by atoms with Crippen LogP contribution in [0, 0.1) is 6.92 Å². The first kappa shape index (κ1) is 26.4. The number of aryl methyl sites for hydroxylation is 1. The van der Waals surface area contributed by atoms with Gasteiger partial charge in [-0.1, -0.05) is 11.1 Å². The number of anilines is 1. The molecule has 0 radical (unpaired) electrons. The Morgan fingerprint density at radius 3 is 2.29 bits per heavy atom. The van der Waals surface area contributed by atoms with E-state index in [9.17, 15) is 30.7 Å². The number of nitrogens with two attached hydrogens (primary N) is 1. The summed E-state index contributed by atoms with van der Waals surface area (Å²) in [5.74, 6) is 0. The first-order chi connectivity index (χ1) is 16.3. The second-order valence-corrected chi connectivity index (χ2v) is 10.4. The topological polar surface area (TPSA) is 227 Å². The minimum atomic E-state index is -4.96. The van der Waals surface area contributed by atoms with Gasteiger partial charge in [-0.25, -0.2) is 10.1 Å². The molecule has 0 aliphatic heterocycles. The fourth-order valence-electron chi connectivity index (χ4n) is 2.96. The van der Waals surface area contributed by atoms with Crippen LogP contribution in [0.2, 0.25) is 0 Å². The number of rotatable bonds is 8. The van der Waals surface area contributed by atoms with Gasteiger partial charge in [0.2, 0.25) is 0 Å². The number of amides is 2. The standard InChI is InChI=1S/C18H16N4O10S3/c1-9-2-3-13(14(4-9)20-18(19)23)21-22-15-8-12-10(6-16(15)33-32-31-24)5-11(34(25,26)27)7-17(12)35(28,29)30/h2-8,24H,1H3,(H3,19,20,23)(H,25,26,27)(H,28,29,30). The lowest BCUT2D eigenvalue weighted by Gasteiger charge is -2.11. The van der Waals surface area contributed by atoms with E-state index in [1.165, 1.54) is 12.1 Å². The molecule has 35 heavy (non-hydrogen) atoms. The van der Waals surface area contributed by atoms with Crippen LogP contribution >= 0.6 is 12.0 Å². The molecule has 3 aromatic carbocycles. The quantitative estimate of drug-likeness (QED) is 0.0895. The molecule has 0 spiro atoms. The number of hydrogen-bond acceptors (Lipinski definition) is 11. The van der Waals surface area contributed by atoms with E-state index in [0.29, 0.717) is 18.1 Å². The molecule has 3 aromatic rings. The predicted molar refractivity (Wildman–Crippen MR) is 123 cm³/mol. The van der Waals surface area contributed by atoms with Crippen molar-refractivity contribution in [3.8, 4) is 0 Å². The normalized spacial score (nSPS) is 12.3. The third-order valence-electron chi connectivity index (χ3n) is 4.37. The van der Waals surface area contributed by atoms with Gasteiger partial charge in [0, 0.05) is 5.39 Å². The predicted octanol–water partition coefficient (Wildman–Crippen LogP) is 3.98. The van der Waals surface area contributed by atoms with Crippen LogP contribution in [0.1, 0.15) is 5.56 Å². The maximum Gasteiger partial charge on any atom is 0.316 e. The average molecular weight is 545 g/mol. The van der Waals surface area contributed by atoms with Gasteiger partial charge in [0.25, 0.3) is 20.2 Å². The maximum atomic E-state index is 11.9. The summed E-state index contributed by atoms with van der Waals surface area (Å²) in [6, 6.07) is 7.75. The minimum absolute atomic E-state index is 0.0422. The molecule has 14 nitrogen and oxygen atoms in total. The molecule has 0 bridgehead atoms. The maximum absolute atomic E-state index is 11.9. The monoisotopic (exact) mass is 544 g/mol. The number of hydrogen-bond donors (Lipinski definition) is 5. The highest BCUT2D eigenvalue weighted by Gasteiger charge is 2.22. The fraction of sp³-hybridized carbons (Fsp3) is 0.0556. The van der Waals surface area contributed by atoms with Gasteiger partial charge < -0.3 is 11.1 Å². The summed E-state index contributed by atoms with van der Waals surface area (Å²) in [7, 11) is -9.81. The minimum Gasteiger partial charge on any atom is -0.351 e. The van der Waals surface area contributed by atoms with Crippen molar-refractivity contribution in [3.63, 3.8) is 0 Å². The molecule has 0 aromatic heterocycles. The highest BCUT2D eigenvalue weighted by atomic mass is 32.2. The van der Waals surface area contributed by atoms with Crippen molar-refractivity contribution < 1.29 is 45.4 Å². The zero-order chi connectivity index (χ0) is 26.0. The Labute approximate surface area is 202 Å². The molecule has 3 rings (SSSR count). The number of benzene rings is 3. The van der Waals surface area contributed by atoms with E-state index in [0.717, 1.165) is 17.7 Å². The zero-order valence-electron chi connectivity index (χ0n) is 17.4. The van der Waals surface area contributed by atoms with Crippen molar-refractivity contribution in [2.24, 2.45) is 16.0 Å². The lowest BCUT2D eigenvalue weighted by Crippen LogP contribution is -2.19. The Balaban J connectivity index is 2.26. The second-order valence-electron chi connectivity index (χ2n) is 6.85. The Kier molecular flexibility index (Phi) is 7.72. The SMILES string of the molecule is Cc1ccc(N=Nc2cc3c(S(=O)(=O)O)cc(S(=O)(=O)O)cc3cc2SOOO)c(NC(N)=O)c1. The summed E-state index contributed by atoms with van der Waals surface area (Å²) < 4.78 is 70.5. The van der Waals surface area contributed by atoms with Crippen LogP contribution in [-0.2, 0) is 29.6 Å². The average Bonchev–Trinajstić information content (AvgIpc) is 2.74. The second kappa shape index (κ2) is 10.2. The lowest BCUT2D eigenvalue weighted by atomic mass is 10.1. The molecule has 0 saturated heterocycles. The smallest absolute Gasteiger partial charge is 0.316 e. The number of azo groups is 1. The summed E-state index contributed by atoms with van der Waals surface area (Å²) in [4.78, 5) is 9.70. The van der Waals surface area contributed by atoms with E-state index in [-0.39, 0.29) is 32.7 Å². The third kappa shape index (κ3) is 6.50. The Morgan fingerprint density at radius 1 is 1.00 bits per heavy atom. The first-order valence-electron chi connectivity index (χ1n) is 9.10. The summed E-state index contributed by atoms with van der Waals surface area (Å²) >= 11 is 0.401. The number of nitrogens with zero attached hydrogens (tertiary/aromatic N) is 2. The van der Waals surface area contributed by atoms with Crippen LogP contribution < -0.4 is 11.1 Å². The molecule has 6 N–H and O–H groups in total. The fourth-order valence-corrected chi connectivity index (χ4v) is 4.77. The molecule has 2 amide bonds. The molecule has 0 unspecified atom stereocenters. The number of nitrogens with one attached hydrogen (secondary N) is 1. The number of carbonyl (C=O) groups is 1. The van der Waals surface area contributed by atoms with Gasteiger partial charge in [-0.05, 0) is 54.3 Å². The Hall–Kier alpha value is -3.16. The molecule has 0 heterocycles. The van der Waals surface area contributed by atoms with Crippen LogP contribution in [0.15, 0.2) is 67.4 Å². The van der Waals surface area contributed by atoms with Crippen LogP contribution in [0.4, 0.5) is 21.9 Å². The molecule has 0 aliphatic carbocycles. The largest absolute Gasteiger partial charge is 0.351 e. The molecule has 0 saturated carbocycles. The van der Waals surface area contributed by atoms with Crippen molar-refractivity contribution in [3.05, 3.63) is 48.0 Å². The summed E-state index contributed by atoms with van der Waals surface area (Å²) in [5, 5.41) is 22.3. The van der Waals surface area contributed by atoms with Crippen LogP contribution in [0.25, 0.3) is 10.8 Å². The molecular formula is C18H16N4O10S3. The van der Waals surface area contributed by atoms with E-state index in [2.05, 4.69) is 24.9 Å². The third-order valence-corrected chi connectivity index (χ3v) is 6.73. The van der Waals surface area contributed by atoms with E-state index in [1.807, 2.05) is 0 Å². The van der Waals surface area contributed by atoms with E-state index in [4.69, 9.17) is 11.0 Å². The number of primary amides is 1. The molecule has 0 fully saturated rings. The van der Waals surface area contributed by atoms with Crippen molar-refractivity contribution in [1.82, 2.24) is 0 Å². The zero-order valence-corrected chi connectivity index (χ0v) is 19.9. The van der Waals surface area contributed by atoms with Crippen LogP contribution in [0.3, 0.4) is 0 Å². The van der Waals surface area contributed by atoms with E-state index in [1.54, 1.807) is 19.1 Å². The highest BCUT2D eigenvalue weighted by molar-refractivity contribution is 7.94. The highest BCUT2D eigenvalue weighted by Crippen LogP contribution is 2.39. The lowest BCUT2D eigenvalue weighted by molar-refractivity contribution is -0.432. The Morgan fingerprint density at radius 2 is 1.69 bits per heavy atom. The summed E-state index contributed by atoms with van der Waals surface area (Å²) in [6.45, 7) is 1.76. The van der Waals surface area contributed by atoms with Crippen molar-refractivity contribution >= 4 is 66.1 Å². The van der Waals surface area contributed by atoms with Crippen LogP contribution in [-0.4, -0.2) is 37.2 Å². The summed E-state index contributed by atoms with van der Waals surface area (Å²) in [6.07, 6.45) is 0. The number of fused-ring (bicyclic) bond motifs is 1. The summed E-state index contributed by atoms with van der Waals surface area (Å²) in [5.41, 5.74) is 6.26. The molecule has 0 aliphatic rings. The van der Waals surface area contributed by atoms with Gasteiger partial charge >= 0.3 is 6.03 Å². The molecule has 0 atom stereocenters. The number of carbonyl (C=O) groups excluding carboxylic acids is 1. The first-order valence-corrected chi connectivity index (χ1v) is 12.7. The molecule has 17 heteroatoms. The Bertz CT molecular complexity index is 1560. The van der Waals surface area contributed by atoms with Crippen molar-refractivity contribution in [2.75, 3.05) is 5.32 Å². The van der Waals surface area contributed by atoms with Crippen LogP contribution in [0.5, 0.6) is 0 Å². The molecule has 186 valence electrons. The van der Waals surface area contributed by atoms with Gasteiger partial charge in [0.05, 0.1) is 27.5 Å². The van der Waals surface area contributed by atoms with Gasteiger partial charge in [-0.3, -0.25) is 9.11 Å². The number of urea groups is 1. The van der Waals surface area contributed by atoms with Crippen molar-refractivity contribution in [1.29, 1.82) is 0 Å². The van der Waals surface area contributed by atoms with Gasteiger partial charge in [-0.2, -0.15) is 16.8 Å². The van der Waals surface area contributed by atoms with Gasteiger partial charge in [-0.15, -0.1) is 14.6 Å². The van der Waals surface area contributed by atoms with Crippen molar-refractivity contribution in [2.45, 2.75) is 21.6 Å². The van der Waals surface area contributed by atoms with Gasteiger partial charge in [0.15, 0.2) is 0 Å². The van der Waals surface area contributed by atoms with E-state index < -0.39 is 36.1 Å². The molecular weight excluding hydrogens is 528 g/mol.